The van der Waals surface area contributed by atoms with E-state index in [0.717, 1.165) is 3.63 Å². The van der Waals surface area contributed by atoms with E-state index in [0.29, 0.717) is 5.92 Å². The first-order valence-corrected chi connectivity index (χ1v) is 11.8. The Kier molecular flexibility index (Phi) is 6.51. The first-order valence-electron chi connectivity index (χ1n) is 6.68. The first-order chi connectivity index (χ1) is 8.68. The van der Waals surface area contributed by atoms with Crippen molar-refractivity contribution in [2.45, 2.75) is 28.0 Å². The van der Waals surface area contributed by atoms with Crippen molar-refractivity contribution in [1.82, 2.24) is 0 Å². The number of halogens is 2. The molecule has 3 heteroatoms. The fraction of sp³-hybridized carbons (Fsp3) is 0.294. The van der Waals surface area contributed by atoms with Crippen molar-refractivity contribution in [3.63, 3.8) is 0 Å². The van der Waals surface area contributed by atoms with Crippen LogP contribution in [0.1, 0.15) is 29.5 Å². The van der Waals surface area contributed by atoms with Crippen molar-refractivity contribution in [2.75, 3.05) is 0 Å². The van der Waals surface area contributed by atoms with Crippen LogP contribution in [0.25, 0.3) is 6.08 Å². The molecule has 0 spiro atoms. The summed E-state index contributed by atoms with van der Waals surface area (Å²) in [6.45, 7) is 4.65. The fourth-order valence-corrected chi connectivity index (χ4v) is 9.12. The molecule has 20 heavy (non-hydrogen) atoms. The molecule has 3 rings (SSSR count). The second-order valence-electron chi connectivity index (χ2n) is 5.38. The molecule has 0 N–H and O–H groups in total. The molecule has 0 nitrogen and oxygen atoms in total. The summed E-state index contributed by atoms with van der Waals surface area (Å²) in [5.41, 5.74) is 4.52. The van der Waals surface area contributed by atoms with Crippen LogP contribution >= 0.6 is 0 Å². The van der Waals surface area contributed by atoms with Crippen molar-refractivity contribution >= 4 is 6.08 Å². The number of hydrogen-bond acceptors (Lipinski definition) is 0. The van der Waals surface area contributed by atoms with E-state index in [1.807, 2.05) is 0 Å². The van der Waals surface area contributed by atoms with Gasteiger partial charge in [0.1, 0.15) is 0 Å². The number of rotatable bonds is 2. The number of allylic oxidation sites excluding steroid dienone is 5. The fourth-order valence-electron chi connectivity index (χ4n) is 3.24. The molecule has 0 saturated heterocycles. The minimum atomic E-state index is -1.50. The smallest absolute Gasteiger partial charge is 1.00 e. The van der Waals surface area contributed by atoms with Gasteiger partial charge in [0.2, 0.25) is 0 Å². The maximum atomic E-state index is 2.55. The average molecular weight is 385 g/mol. The van der Waals surface area contributed by atoms with Crippen LogP contribution in [-0.4, -0.2) is 0 Å². The van der Waals surface area contributed by atoms with E-state index in [1.165, 1.54) is 11.1 Å². The predicted octanol–water partition coefficient (Wildman–Crippen LogP) is -0.958. The molecule has 0 fully saturated rings. The maximum absolute atomic E-state index is 2.55. The van der Waals surface area contributed by atoms with Gasteiger partial charge in [0, 0.05) is 0 Å². The van der Waals surface area contributed by atoms with E-state index >= 15 is 0 Å². The van der Waals surface area contributed by atoms with Crippen molar-refractivity contribution in [1.29, 1.82) is 0 Å². The van der Waals surface area contributed by atoms with Gasteiger partial charge in [0.05, 0.1) is 0 Å². The van der Waals surface area contributed by atoms with E-state index in [1.54, 1.807) is 8.84 Å². The molecule has 1 aromatic carbocycles. The van der Waals surface area contributed by atoms with Gasteiger partial charge in [-0.1, -0.05) is 0 Å². The second kappa shape index (κ2) is 7.25. The predicted molar refractivity (Wildman–Crippen MR) is 75.5 cm³/mol. The van der Waals surface area contributed by atoms with Gasteiger partial charge in [0.15, 0.2) is 0 Å². The summed E-state index contributed by atoms with van der Waals surface area (Å²) in [5, 5.41) is 0. The van der Waals surface area contributed by atoms with Crippen LogP contribution in [0.15, 0.2) is 45.8 Å². The summed E-state index contributed by atoms with van der Waals surface area (Å²) < 4.78 is 5.11. The Bertz CT molecular complexity index is 560. The SMILES string of the molecule is Cc1cccc2c1C(C)[C]([Zr+2]([CH3])[CH]1C=CC=C1)=C2.[Cl-].[Cl-]. The van der Waals surface area contributed by atoms with Gasteiger partial charge in [-0.2, -0.15) is 0 Å². The molecule has 0 aliphatic heterocycles. The summed E-state index contributed by atoms with van der Waals surface area (Å²) in [5.74, 6) is 0.656. The average Bonchev–Trinajstić information content (AvgIpc) is 2.97. The third kappa shape index (κ3) is 3.06. The maximum Gasteiger partial charge on any atom is -1.00 e. The van der Waals surface area contributed by atoms with Crippen molar-refractivity contribution < 1.29 is 46.6 Å². The molecule has 0 aromatic heterocycles. The van der Waals surface area contributed by atoms with Gasteiger partial charge in [0.25, 0.3) is 0 Å². The van der Waals surface area contributed by atoms with Gasteiger partial charge in [-0.25, -0.2) is 0 Å². The zero-order valence-electron chi connectivity index (χ0n) is 12.0. The zero-order valence-corrected chi connectivity index (χ0v) is 16.0. The Morgan fingerprint density at radius 3 is 2.30 bits per heavy atom. The molecular weight excluding hydrogens is 366 g/mol. The second-order valence-corrected chi connectivity index (χ2v) is 11.8. The van der Waals surface area contributed by atoms with Gasteiger partial charge in [-0.05, 0) is 0 Å². The molecule has 0 radical (unpaired) electrons. The Morgan fingerprint density at radius 2 is 1.70 bits per heavy atom. The third-order valence-electron chi connectivity index (χ3n) is 4.27. The Labute approximate surface area is 142 Å². The van der Waals surface area contributed by atoms with E-state index in [9.17, 15) is 0 Å². The molecule has 0 saturated carbocycles. The van der Waals surface area contributed by atoms with E-state index < -0.39 is 21.8 Å². The summed E-state index contributed by atoms with van der Waals surface area (Å²) in [4.78, 5) is 0. The molecule has 0 amide bonds. The number of benzene rings is 1. The molecule has 0 heterocycles. The molecule has 2 aliphatic rings. The summed E-state index contributed by atoms with van der Waals surface area (Å²) in [6.07, 6.45) is 11.7. The van der Waals surface area contributed by atoms with Crippen LogP contribution in [0.2, 0.25) is 8.26 Å². The van der Waals surface area contributed by atoms with E-state index in [4.69, 9.17) is 0 Å². The van der Waals surface area contributed by atoms with Gasteiger partial charge < -0.3 is 24.8 Å². The minimum Gasteiger partial charge on any atom is -1.00 e. The van der Waals surface area contributed by atoms with Crippen molar-refractivity contribution in [3.05, 3.63) is 62.5 Å². The number of hydrogen-bond donors (Lipinski definition) is 0. The summed E-state index contributed by atoms with van der Waals surface area (Å²) >= 11 is -1.50. The quantitative estimate of drug-likeness (QED) is 0.616. The monoisotopic (exact) mass is 383 g/mol. The van der Waals surface area contributed by atoms with E-state index in [2.05, 4.69) is 67.1 Å². The van der Waals surface area contributed by atoms with Crippen LogP contribution in [0.3, 0.4) is 0 Å². The molecule has 1 aromatic rings. The topological polar surface area (TPSA) is 0 Å². The minimum absolute atomic E-state index is 0. The Morgan fingerprint density at radius 1 is 1.05 bits per heavy atom. The summed E-state index contributed by atoms with van der Waals surface area (Å²) in [7, 11) is 0. The number of aryl methyl sites for hydroxylation is 1. The molecular formula is C17H19Cl2Zr. The van der Waals surface area contributed by atoms with Crippen LogP contribution in [0.4, 0.5) is 0 Å². The molecule has 2 aliphatic carbocycles. The van der Waals surface area contributed by atoms with E-state index in [-0.39, 0.29) is 24.8 Å². The first kappa shape index (κ1) is 18.0. The molecule has 0 bridgehead atoms. The Balaban J connectivity index is 0.000001000. The largest absolute Gasteiger partial charge is 1.00 e. The van der Waals surface area contributed by atoms with Gasteiger partial charge >= 0.3 is 118 Å². The molecule has 1 unspecified atom stereocenters. The molecule has 1 atom stereocenters. The van der Waals surface area contributed by atoms with Crippen LogP contribution in [0, 0.1) is 6.92 Å². The standard InChI is InChI=1S/C11H11.C5H5.CH3.2ClH.Zr/c1-8-4-3-5-10-7-6-9(2)11(8)10;1-2-4-5-3-1;;;;/h3-5,7,9H,1-2H3;1-5H;1H3;2*1H;/q;;;;;+2/p-2. The third-order valence-corrected chi connectivity index (χ3v) is 11.3. The normalized spacial score (nSPS) is 19.1. The van der Waals surface area contributed by atoms with Crippen LogP contribution in [0.5, 0.6) is 0 Å². The number of fused-ring (bicyclic) bond motifs is 1. The van der Waals surface area contributed by atoms with Gasteiger partial charge in [-0.15, -0.1) is 0 Å². The Hall–Kier alpha value is -0.0969. The summed E-state index contributed by atoms with van der Waals surface area (Å²) in [6, 6.07) is 6.72. The zero-order chi connectivity index (χ0) is 12.7. The van der Waals surface area contributed by atoms with Crippen LogP contribution < -0.4 is 24.8 Å². The van der Waals surface area contributed by atoms with Crippen molar-refractivity contribution in [3.8, 4) is 0 Å². The molecule has 105 valence electrons. The van der Waals surface area contributed by atoms with Gasteiger partial charge in [-0.3, -0.25) is 0 Å². The van der Waals surface area contributed by atoms with Crippen LogP contribution in [-0.2, 0) is 21.8 Å². The van der Waals surface area contributed by atoms with Crippen molar-refractivity contribution in [2.24, 2.45) is 0 Å².